The Morgan fingerprint density at radius 3 is 2.71 bits per heavy atom. The van der Waals surface area contributed by atoms with E-state index in [1.54, 1.807) is 11.3 Å². The second kappa shape index (κ2) is 1.80. The van der Waals surface area contributed by atoms with E-state index in [0.717, 1.165) is 5.01 Å². The predicted molar refractivity (Wildman–Crippen MR) is 31.9 cm³/mol. The summed E-state index contributed by atoms with van der Waals surface area (Å²) in [5, 5.41) is 3.43. The van der Waals surface area contributed by atoms with E-state index in [0.29, 0.717) is 5.15 Å². The van der Waals surface area contributed by atoms with E-state index in [1.807, 2.05) is 12.3 Å². The molecule has 1 rings (SSSR count). The van der Waals surface area contributed by atoms with Crippen LogP contribution in [0.4, 0.5) is 0 Å². The summed E-state index contributed by atoms with van der Waals surface area (Å²) in [6.45, 7) is 1.93. The Morgan fingerprint density at radius 1 is 1.86 bits per heavy atom. The molecule has 0 aliphatic carbocycles. The fraction of sp³-hybridized carbons (Fsp3) is 0.250. The number of thiazole rings is 1. The Balaban J connectivity index is 3.04. The highest BCUT2D eigenvalue weighted by molar-refractivity contribution is 7.09. The van der Waals surface area contributed by atoms with E-state index in [1.165, 1.54) is 0 Å². The largest absolute Gasteiger partial charge is 0.230 e. The van der Waals surface area contributed by atoms with Gasteiger partial charge >= 0.3 is 0 Å². The molecule has 3 heteroatoms. The van der Waals surface area contributed by atoms with Crippen molar-refractivity contribution >= 4 is 22.9 Å². The maximum Gasteiger partial charge on any atom is 0.140 e. The zero-order valence-electron chi connectivity index (χ0n) is 3.81. The Hall–Kier alpha value is -0.0800. The van der Waals surface area contributed by atoms with Gasteiger partial charge in [0.1, 0.15) is 5.15 Å². The zero-order chi connectivity index (χ0) is 5.28. The summed E-state index contributed by atoms with van der Waals surface area (Å²) in [6, 6.07) is 0. The van der Waals surface area contributed by atoms with Crippen molar-refractivity contribution in [2.45, 2.75) is 6.92 Å². The summed E-state index contributed by atoms with van der Waals surface area (Å²) in [7, 11) is 0. The fourth-order valence-electron chi connectivity index (χ4n) is 0.337. The SMILES string of the molecule is Cc1nc(Cl)cs1. The molecule has 0 N–H and O–H groups in total. The Morgan fingerprint density at radius 2 is 2.57 bits per heavy atom. The van der Waals surface area contributed by atoms with Gasteiger partial charge in [-0.15, -0.1) is 11.3 Å². The quantitative estimate of drug-likeness (QED) is 0.528. The summed E-state index contributed by atoms with van der Waals surface area (Å²) < 4.78 is 0. The third-order valence-electron chi connectivity index (χ3n) is 0.591. The maximum atomic E-state index is 5.46. The summed E-state index contributed by atoms with van der Waals surface area (Å²) >= 11 is 7.02. The molecule has 0 aromatic carbocycles. The van der Waals surface area contributed by atoms with Gasteiger partial charge in [-0.2, -0.15) is 0 Å². The number of aromatic nitrogens is 1. The van der Waals surface area contributed by atoms with Crippen molar-refractivity contribution in [2.24, 2.45) is 0 Å². The minimum absolute atomic E-state index is 0.600. The minimum atomic E-state index is 0.600. The van der Waals surface area contributed by atoms with E-state index in [-0.39, 0.29) is 0 Å². The number of hydrogen-bond acceptors (Lipinski definition) is 2. The van der Waals surface area contributed by atoms with Gasteiger partial charge in [0, 0.05) is 5.38 Å². The molecule has 0 saturated carbocycles. The Kier molecular flexibility index (Phi) is 1.30. The van der Waals surface area contributed by atoms with Crippen molar-refractivity contribution < 1.29 is 0 Å². The predicted octanol–water partition coefficient (Wildman–Crippen LogP) is 2.10. The summed E-state index contributed by atoms with van der Waals surface area (Å²) in [6.07, 6.45) is 0. The van der Waals surface area contributed by atoms with Crippen LogP contribution in [0, 0.1) is 6.92 Å². The van der Waals surface area contributed by atoms with Crippen LogP contribution in [0.1, 0.15) is 5.01 Å². The van der Waals surface area contributed by atoms with Gasteiger partial charge in [0.25, 0.3) is 0 Å². The molecule has 0 atom stereocenters. The molecule has 0 amide bonds. The van der Waals surface area contributed by atoms with Crippen molar-refractivity contribution in [1.82, 2.24) is 4.98 Å². The molecular weight excluding hydrogens is 130 g/mol. The molecule has 1 heterocycles. The van der Waals surface area contributed by atoms with Crippen LogP contribution in [0.3, 0.4) is 0 Å². The molecule has 7 heavy (non-hydrogen) atoms. The van der Waals surface area contributed by atoms with E-state index in [4.69, 9.17) is 11.6 Å². The van der Waals surface area contributed by atoms with Crippen LogP contribution < -0.4 is 0 Å². The molecule has 0 aliphatic rings. The second-order valence-corrected chi connectivity index (χ2v) is 2.64. The van der Waals surface area contributed by atoms with Gasteiger partial charge in [-0.25, -0.2) is 4.98 Å². The Bertz CT molecular complexity index is 144. The van der Waals surface area contributed by atoms with Crippen molar-refractivity contribution in [2.75, 3.05) is 0 Å². The number of hydrogen-bond donors (Lipinski definition) is 0. The Labute approximate surface area is 51.0 Å². The highest BCUT2D eigenvalue weighted by atomic mass is 35.5. The van der Waals surface area contributed by atoms with Crippen LogP contribution in [0.25, 0.3) is 0 Å². The van der Waals surface area contributed by atoms with Crippen molar-refractivity contribution in [3.8, 4) is 0 Å². The van der Waals surface area contributed by atoms with Crippen LogP contribution in [-0.4, -0.2) is 4.98 Å². The van der Waals surface area contributed by atoms with Crippen LogP contribution >= 0.6 is 22.9 Å². The lowest BCUT2D eigenvalue weighted by atomic mass is 10.8. The highest BCUT2D eigenvalue weighted by Gasteiger charge is 1.88. The molecule has 0 bridgehead atoms. The van der Waals surface area contributed by atoms with Gasteiger partial charge in [-0.3, -0.25) is 0 Å². The lowest BCUT2D eigenvalue weighted by Crippen LogP contribution is -1.61. The molecule has 0 saturated heterocycles. The smallest absolute Gasteiger partial charge is 0.140 e. The lowest BCUT2D eigenvalue weighted by Gasteiger charge is -1.68. The van der Waals surface area contributed by atoms with Gasteiger partial charge < -0.3 is 0 Å². The number of halogens is 1. The third-order valence-corrected chi connectivity index (χ3v) is 1.69. The normalized spacial score (nSPS) is 9.43. The molecule has 1 aromatic rings. The third kappa shape index (κ3) is 1.14. The van der Waals surface area contributed by atoms with E-state index in [9.17, 15) is 0 Å². The van der Waals surface area contributed by atoms with Gasteiger partial charge in [0.05, 0.1) is 5.01 Å². The van der Waals surface area contributed by atoms with Crippen molar-refractivity contribution in [1.29, 1.82) is 0 Å². The van der Waals surface area contributed by atoms with Crippen molar-refractivity contribution in [3.05, 3.63) is 15.5 Å². The van der Waals surface area contributed by atoms with Crippen LogP contribution in [0.5, 0.6) is 0 Å². The first kappa shape index (κ1) is 5.06. The molecular formula is C4H4ClNS. The monoisotopic (exact) mass is 133 g/mol. The average molecular weight is 134 g/mol. The number of nitrogens with zero attached hydrogens (tertiary/aromatic N) is 1. The van der Waals surface area contributed by atoms with Crippen LogP contribution in [0.15, 0.2) is 5.38 Å². The fourth-order valence-corrected chi connectivity index (χ4v) is 1.12. The van der Waals surface area contributed by atoms with E-state index < -0.39 is 0 Å². The van der Waals surface area contributed by atoms with Crippen LogP contribution in [0.2, 0.25) is 5.15 Å². The standard InChI is InChI=1S/C4H4ClNS/c1-3-6-4(5)2-7-3/h2H,1H3. The summed E-state index contributed by atoms with van der Waals surface area (Å²) in [4.78, 5) is 3.90. The zero-order valence-corrected chi connectivity index (χ0v) is 5.38. The number of rotatable bonds is 0. The summed E-state index contributed by atoms with van der Waals surface area (Å²) in [5.41, 5.74) is 0. The second-order valence-electron chi connectivity index (χ2n) is 1.19. The molecule has 1 aromatic heterocycles. The maximum absolute atomic E-state index is 5.46. The molecule has 0 fully saturated rings. The first-order valence-corrected chi connectivity index (χ1v) is 3.12. The van der Waals surface area contributed by atoms with Crippen molar-refractivity contribution in [3.63, 3.8) is 0 Å². The van der Waals surface area contributed by atoms with Gasteiger partial charge in [0.15, 0.2) is 0 Å². The molecule has 1 nitrogen and oxygen atoms in total. The molecule has 0 spiro atoms. The minimum Gasteiger partial charge on any atom is -0.230 e. The first-order chi connectivity index (χ1) is 3.29. The molecule has 0 aliphatic heterocycles. The van der Waals surface area contributed by atoms with E-state index in [2.05, 4.69) is 4.98 Å². The molecule has 0 unspecified atom stereocenters. The topological polar surface area (TPSA) is 12.9 Å². The summed E-state index contributed by atoms with van der Waals surface area (Å²) in [5.74, 6) is 0. The molecule has 0 radical (unpaired) electrons. The van der Waals surface area contributed by atoms with Crippen LogP contribution in [-0.2, 0) is 0 Å². The highest BCUT2D eigenvalue weighted by Crippen LogP contribution is 2.11. The molecule has 38 valence electrons. The van der Waals surface area contributed by atoms with Gasteiger partial charge in [-0.1, -0.05) is 11.6 Å². The van der Waals surface area contributed by atoms with Gasteiger partial charge in [-0.05, 0) is 6.92 Å². The first-order valence-electron chi connectivity index (χ1n) is 1.86. The average Bonchev–Trinajstić information content (AvgIpc) is 1.87. The lowest BCUT2D eigenvalue weighted by molar-refractivity contribution is 1.30. The van der Waals surface area contributed by atoms with Gasteiger partial charge in [0.2, 0.25) is 0 Å². The van der Waals surface area contributed by atoms with E-state index >= 15 is 0 Å². The number of aryl methyl sites for hydroxylation is 1.